The first kappa shape index (κ1) is 11.0. The van der Waals surface area contributed by atoms with Gasteiger partial charge in [-0.15, -0.1) is 0 Å². The van der Waals surface area contributed by atoms with Gasteiger partial charge < -0.3 is 0 Å². The summed E-state index contributed by atoms with van der Waals surface area (Å²) in [5.41, 5.74) is 0.337. The van der Waals surface area contributed by atoms with Crippen molar-refractivity contribution in [2.75, 3.05) is 0 Å². The maximum Gasteiger partial charge on any atom is 0.174 e. The van der Waals surface area contributed by atoms with Gasteiger partial charge in [-0.2, -0.15) is 0 Å². The highest BCUT2D eigenvalue weighted by atomic mass is 19.1. The summed E-state index contributed by atoms with van der Waals surface area (Å²) in [7, 11) is 0. The molecule has 2 aliphatic rings. The number of allylic oxidation sites excluding steroid dienone is 4. The number of carbonyl (C=O) groups excluding carboxylic acids is 2. The predicted molar refractivity (Wildman–Crippen MR) is 60.5 cm³/mol. The standard InChI is InChI=1S/C14H8F2O2/c15-9-5-6-10(16)12-11(9)13(17)7-3-1-2-4-8(7)14(12)18/h1-6,11-12H/t11-,12-/m0/s1. The van der Waals surface area contributed by atoms with Crippen molar-refractivity contribution in [3.8, 4) is 0 Å². The molecule has 0 unspecified atom stereocenters. The van der Waals surface area contributed by atoms with Crippen LogP contribution in [0.15, 0.2) is 48.1 Å². The molecule has 0 saturated carbocycles. The highest BCUT2D eigenvalue weighted by Crippen LogP contribution is 2.41. The molecule has 2 atom stereocenters. The topological polar surface area (TPSA) is 34.1 Å². The third kappa shape index (κ3) is 1.32. The third-order valence-corrected chi connectivity index (χ3v) is 3.35. The van der Waals surface area contributed by atoms with E-state index in [-0.39, 0.29) is 11.1 Å². The second-order valence-corrected chi connectivity index (χ2v) is 4.33. The summed E-state index contributed by atoms with van der Waals surface area (Å²) in [6.07, 6.45) is 1.82. The Labute approximate surface area is 102 Å². The Morgan fingerprint density at radius 1 is 0.778 bits per heavy atom. The predicted octanol–water partition coefficient (Wildman–Crippen LogP) is 3.02. The van der Waals surface area contributed by atoms with Crippen LogP contribution < -0.4 is 0 Å². The van der Waals surface area contributed by atoms with E-state index in [2.05, 4.69) is 0 Å². The first-order valence-corrected chi connectivity index (χ1v) is 5.51. The van der Waals surface area contributed by atoms with Crippen LogP contribution in [0.4, 0.5) is 8.78 Å². The van der Waals surface area contributed by atoms with Crippen LogP contribution in [0.1, 0.15) is 20.7 Å². The lowest BCUT2D eigenvalue weighted by Crippen LogP contribution is -2.38. The second-order valence-electron chi connectivity index (χ2n) is 4.33. The maximum atomic E-state index is 13.7. The third-order valence-electron chi connectivity index (χ3n) is 3.35. The van der Waals surface area contributed by atoms with Crippen LogP contribution >= 0.6 is 0 Å². The number of halogens is 2. The molecular weight excluding hydrogens is 238 g/mol. The van der Waals surface area contributed by atoms with Gasteiger partial charge in [-0.05, 0) is 12.2 Å². The minimum atomic E-state index is -1.34. The van der Waals surface area contributed by atoms with E-state index < -0.39 is 35.1 Å². The van der Waals surface area contributed by atoms with E-state index in [0.717, 1.165) is 12.2 Å². The molecule has 0 heterocycles. The summed E-state index contributed by atoms with van der Waals surface area (Å²) < 4.78 is 27.4. The molecule has 0 aromatic heterocycles. The van der Waals surface area contributed by atoms with E-state index in [1.807, 2.05) is 0 Å². The van der Waals surface area contributed by atoms with Crippen LogP contribution in [0.2, 0.25) is 0 Å². The first-order valence-electron chi connectivity index (χ1n) is 5.51. The zero-order valence-corrected chi connectivity index (χ0v) is 9.19. The monoisotopic (exact) mass is 246 g/mol. The average molecular weight is 246 g/mol. The fourth-order valence-corrected chi connectivity index (χ4v) is 2.49. The summed E-state index contributed by atoms with van der Waals surface area (Å²) >= 11 is 0. The molecule has 1 aromatic carbocycles. The van der Waals surface area contributed by atoms with Crippen molar-refractivity contribution in [3.63, 3.8) is 0 Å². The molecule has 0 N–H and O–H groups in total. The van der Waals surface area contributed by atoms with Gasteiger partial charge in [0.15, 0.2) is 11.6 Å². The molecule has 18 heavy (non-hydrogen) atoms. The number of rotatable bonds is 0. The largest absolute Gasteiger partial charge is 0.293 e. The van der Waals surface area contributed by atoms with Gasteiger partial charge in [0.1, 0.15) is 11.7 Å². The molecule has 90 valence electrons. The van der Waals surface area contributed by atoms with Gasteiger partial charge in [0.25, 0.3) is 0 Å². The summed E-state index contributed by atoms with van der Waals surface area (Å²) in [6.45, 7) is 0. The van der Waals surface area contributed by atoms with Crippen LogP contribution in [0.3, 0.4) is 0 Å². The van der Waals surface area contributed by atoms with Gasteiger partial charge >= 0.3 is 0 Å². The fraction of sp³-hybridized carbons (Fsp3) is 0.143. The summed E-state index contributed by atoms with van der Waals surface area (Å²) in [4.78, 5) is 24.3. The SMILES string of the molecule is O=C1c2ccccc2C(=O)[C@H]2C(F)=CC=C(F)[C@H]12. The lowest BCUT2D eigenvalue weighted by Gasteiger charge is -2.30. The van der Waals surface area contributed by atoms with Crippen LogP contribution in [-0.4, -0.2) is 11.6 Å². The van der Waals surface area contributed by atoms with E-state index in [0.29, 0.717) is 0 Å². The van der Waals surface area contributed by atoms with E-state index in [9.17, 15) is 18.4 Å². The molecule has 0 saturated heterocycles. The van der Waals surface area contributed by atoms with Crippen molar-refractivity contribution >= 4 is 11.6 Å². The number of fused-ring (bicyclic) bond motifs is 2. The number of hydrogen-bond donors (Lipinski definition) is 0. The molecular formula is C14H8F2O2. The van der Waals surface area contributed by atoms with Crippen molar-refractivity contribution in [1.29, 1.82) is 0 Å². The van der Waals surface area contributed by atoms with Gasteiger partial charge in [-0.25, -0.2) is 8.78 Å². The molecule has 1 aromatic rings. The molecule has 3 rings (SSSR count). The van der Waals surface area contributed by atoms with Crippen molar-refractivity contribution < 1.29 is 18.4 Å². The molecule has 0 amide bonds. The van der Waals surface area contributed by atoms with Crippen molar-refractivity contribution in [2.24, 2.45) is 11.8 Å². The van der Waals surface area contributed by atoms with Gasteiger partial charge in [0.05, 0.1) is 11.8 Å². The Bertz CT molecular complexity index is 573. The zero-order valence-electron chi connectivity index (χ0n) is 9.19. The Morgan fingerprint density at radius 2 is 1.17 bits per heavy atom. The molecule has 2 nitrogen and oxygen atoms in total. The zero-order chi connectivity index (χ0) is 12.9. The summed E-state index contributed by atoms with van der Waals surface area (Å²) in [6, 6.07) is 6.13. The van der Waals surface area contributed by atoms with Crippen molar-refractivity contribution in [1.82, 2.24) is 0 Å². The Kier molecular flexibility index (Phi) is 2.26. The van der Waals surface area contributed by atoms with E-state index in [1.165, 1.54) is 12.1 Å². The quantitative estimate of drug-likeness (QED) is 0.705. The molecule has 0 fully saturated rings. The van der Waals surface area contributed by atoms with E-state index in [1.54, 1.807) is 12.1 Å². The van der Waals surface area contributed by atoms with Crippen LogP contribution in [-0.2, 0) is 0 Å². The first-order chi connectivity index (χ1) is 8.61. The molecule has 2 aliphatic carbocycles. The van der Waals surface area contributed by atoms with Gasteiger partial charge in [-0.3, -0.25) is 9.59 Å². The number of Topliss-reactive ketones (excluding diaryl/α,β-unsaturated/α-hetero) is 2. The van der Waals surface area contributed by atoms with Crippen molar-refractivity contribution in [3.05, 3.63) is 59.2 Å². The van der Waals surface area contributed by atoms with Crippen LogP contribution in [0.5, 0.6) is 0 Å². The highest BCUT2D eigenvalue weighted by molar-refractivity contribution is 6.17. The summed E-state index contributed by atoms with van der Waals surface area (Å²) in [5, 5.41) is 0. The fourth-order valence-electron chi connectivity index (χ4n) is 2.49. The highest BCUT2D eigenvalue weighted by Gasteiger charge is 2.47. The number of carbonyl (C=O) groups is 2. The molecule has 0 radical (unpaired) electrons. The lowest BCUT2D eigenvalue weighted by atomic mass is 9.71. The Hall–Kier alpha value is -2.10. The van der Waals surface area contributed by atoms with Gasteiger partial charge in [0, 0.05) is 11.1 Å². The van der Waals surface area contributed by atoms with E-state index >= 15 is 0 Å². The summed E-state index contributed by atoms with van der Waals surface area (Å²) in [5.74, 6) is -5.25. The minimum Gasteiger partial charge on any atom is -0.293 e. The van der Waals surface area contributed by atoms with E-state index in [4.69, 9.17) is 0 Å². The Balaban J connectivity index is 2.24. The van der Waals surface area contributed by atoms with Gasteiger partial charge in [0.2, 0.25) is 0 Å². The smallest absolute Gasteiger partial charge is 0.174 e. The van der Waals surface area contributed by atoms with Crippen molar-refractivity contribution in [2.45, 2.75) is 0 Å². The minimum absolute atomic E-state index is 0.169. The van der Waals surface area contributed by atoms with Crippen LogP contribution in [0, 0.1) is 11.8 Å². The lowest BCUT2D eigenvalue weighted by molar-refractivity contribution is 0.0750. The number of ketones is 2. The molecule has 0 bridgehead atoms. The molecule has 0 spiro atoms. The maximum absolute atomic E-state index is 13.7. The number of benzene rings is 1. The Morgan fingerprint density at radius 3 is 1.56 bits per heavy atom. The van der Waals surface area contributed by atoms with Gasteiger partial charge in [-0.1, -0.05) is 24.3 Å². The number of hydrogen-bond acceptors (Lipinski definition) is 2. The normalized spacial score (nSPS) is 26.1. The molecule has 4 heteroatoms. The van der Waals surface area contributed by atoms with Crippen LogP contribution in [0.25, 0.3) is 0 Å². The average Bonchev–Trinajstić information content (AvgIpc) is 2.38. The second kappa shape index (κ2) is 3.70. The molecule has 0 aliphatic heterocycles.